The molecule has 152 valence electrons. The van der Waals surface area contributed by atoms with E-state index < -0.39 is 5.25 Å². The number of ether oxygens (including phenoxy) is 1. The van der Waals surface area contributed by atoms with Crippen LogP contribution in [0.4, 0.5) is 5.69 Å². The number of benzene rings is 1. The molecule has 0 aliphatic carbocycles. The molecule has 1 fully saturated rings. The third-order valence-corrected chi connectivity index (χ3v) is 5.53. The van der Waals surface area contributed by atoms with Crippen molar-refractivity contribution in [2.75, 3.05) is 19.0 Å². The smallest absolute Gasteiger partial charge is 0.305 e. The Morgan fingerprint density at radius 3 is 2.61 bits per heavy atom. The number of unbranched alkanes of at least 4 members (excludes halogenated alkanes) is 2. The number of carbonyl (C=O) groups excluding carboxylic acids is 3. The molecule has 0 unspecified atom stereocenters. The summed E-state index contributed by atoms with van der Waals surface area (Å²) >= 11 is 1.29. The maximum atomic E-state index is 12.4. The lowest BCUT2D eigenvalue weighted by molar-refractivity contribution is -0.140. The van der Waals surface area contributed by atoms with Gasteiger partial charge in [0, 0.05) is 25.1 Å². The van der Waals surface area contributed by atoms with Gasteiger partial charge >= 0.3 is 5.97 Å². The molecule has 1 aliphatic heterocycles. The topological polar surface area (TPSA) is 96.9 Å². The minimum absolute atomic E-state index is 0.0996. The van der Waals surface area contributed by atoms with Gasteiger partial charge in [-0.3, -0.25) is 19.4 Å². The van der Waals surface area contributed by atoms with Crippen molar-refractivity contribution in [3.05, 3.63) is 29.3 Å². The fourth-order valence-corrected chi connectivity index (χ4v) is 3.82. The molecule has 8 heteroatoms. The number of methoxy groups -OCH3 is 1. The van der Waals surface area contributed by atoms with Crippen LogP contribution in [0.15, 0.2) is 23.2 Å². The van der Waals surface area contributed by atoms with Gasteiger partial charge in [0.05, 0.1) is 7.11 Å². The van der Waals surface area contributed by atoms with Gasteiger partial charge in [-0.05, 0) is 37.8 Å². The number of amidine groups is 1. The van der Waals surface area contributed by atoms with Crippen LogP contribution in [-0.2, 0) is 19.1 Å². The predicted molar refractivity (Wildman–Crippen MR) is 111 cm³/mol. The molecule has 1 aromatic carbocycles. The van der Waals surface area contributed by atoms with E-state index >= 15 is 0 Å². The molecule has 2 rings (SSSR count). The fraction of sp³-hybridized carbons (Fsp3) is 0.500. The highest BCUT2D eigenvalue weighted by molar-refractivity contribution is 8.15. The van der Waals surface area contributed by atoms with Gasteiger partial charge in [-0.15, -0.1) is 0 Å². The molecule has 1 aromatic rings. The molecule has 0 bridgehead atoms. The van der Waals surface area contributed by atoms with Gasteiger partial charge < -0.3 is 15.4 Å². The van der Waals surface area contributed by atoms with Gasteiger partial charge in [-0.1, -0.05) is 36.4 Å². The van der Waals surface area contributed by atoms with Crippen LogP contribution in [-0.4, -0.2) is 41.9 Å². The van der Waals surface area contributed by atoms with Crippen LogP contribution in [0.25, 0.3) is 0 Å². The molecule has 0 radical (unpaired) electrons. The van der Waals surface area contributed by atoms with E-state index in [0.29, 0.717) is 18.1 Å². The summed E-state index contributed by atoms with van der Waals surface area (Å²) in [5.41, 5.74) is 2.79. The number of esters is 1. The Labute approximate surface area is 169 Å². The van der Waals surface area contributed by atoms with E-state index in [0.717, 1.165) is 36.1 Å². The number of aryl methyl sites for hydroxylation is 2. The van der Waals surface area contributed by atoms with E-state index in [9.17, 15) is 14.4 Å². The molecule has 7 nitrogen and oxygen atoms in total. The molecular formula is C20H27N3O4S. The minimum Gasteiger partial charge on any atom is -0.469 e. The molecule has 2 N–H and O–H groups in total. The second-order valence-corrected chi connectivity index (χ2v) is 7.88. The third kappa shape index (κ3) is 6.67. The number of hydrogen-bond donors (Lipinski definition) is 2. The molecule has 2 amide bonds. The molecule has 1 saturated heterocycles. The van der Waals surface area contributed by atoms with Crippen LogP contribution in [0, 0.1) is 13.8 Å². The molecule has 1 heterocycles. The average Bonchev–Trinajstić information content (AvgIpc) is 3.00. The van der Waals surface area contributed by atoms with Crippen LogP contribution in [0.3, 0.4) is 0 Å². The lowest BCUT2D eigenvalue weighted by atomic mass is 10.1. The molecule has 28 heavy (non-hydrogen) atoms. The van der Waals surface area contributed by atoms with E-state index in [4.69, 9.17) is 0 Å². The summed E-state index contributed by atoms with van der Waals surface area (Å²) in [6.45, 7) is 4.45. The third-order valence-electron chi connectivity index (χ3n) is 4.41. The maximum absolute atomic E-state index is 12.4. The second kappa shape index (κ2) is 10.8. The summed E-state index contributed by atoms with van der Waals surface area (Å²) in [5.74, 6) is -0.577. The van der Waals surface area contributed by atoms with Crippen molar-refractivity contribution >= 4 is 40.4 Å². The number of thioether (sulfide) groups is 1. The lowest BCUT2D eigenvalue weighted by Crippen LogP contribution is -2.28. The first kappa shape index (κ1) is 21.9. The first-order chi connectivity index (χ1) is 13.4. The Morgan fingerprint density at radius 1 is 1.21 bits per heavy atom. The zero-order valence-electron chi connectivity index (χ0n) is 16.5. The number of nitrogens with one attached hydrogen (secondary N) is 2. The first-order valence-electron chi connectivity index (χ1n) is 9.35. The molecule has 0 spiro atoms. The monoisotopic (exact) mass is 405 g/mol. The van der Waals surface area contributed by atoms with Crippen LogP contribution in [0.2, 0.25) is 0 Å². The lowest BCUT2D eigenvalue weighted by Gasteiger charge is -2.12. The molecule has 0 saturated carbocycles. The van der Waals surface area contributed by atoms with Crippen LogP contribution < -0.4 is 10.6 Å². The van der Waals surface area contributed by atoms with E-state index in [1.54, 1.807) is 0 Å². The maximum Gasteiger partial charge on any atom is 0.305 e. The molecular weight excluding hydrogens is 378 g/mol. The SMILES string of the molecule is COC(=O)CCCCCN=C1NC(=O)[C@H](CC(=O)Nc2c(C)cccc2C)S1. The molecule has 1 atom stereocenters. The Balaban J connectivity index is 1.76. The van der Waals surface area contributed by atoms with E-state index in [2.05, 4.69) is 20.4 Å². The van der Waals surface area contributed by atoms with Crippen molar-refractivity contribution in [2.45, 2.75) is 51.2 Å². The van der Waals surface area contributed by atoms with E-state index in [1.807, 2.05) is 32.0 Å². The number of amides is 2. The second-order valence-electron chi connectivity index (χ2n) is 6.69. The first-order valence-corrected chi connectivity index (χ1v) is 10.2. The summed E-state index contributed by atoms with van der Waals surface area (Å²) in [6.07, 6.45) is 2.97. The summed E-state index contributed by atoms with van der Waals surface area (Å²) in [5, 5.41) is 5.73. The van der Waals surface area contributed by atoms with Crippen LogP contribution in [0.1, 0.15) is 43.2 Å². The Bertz CT molecular complexity index is 744. The van der Waals surface area contributed by atoms with Gasteiger partial charge in [0.2, 0.25) is 11.8 Å². The number of nitrogens with zero attached hydrogens (tertiary/aromatic N) is 1. The molecule has 1 aliphatic rings. The standard InChI is InChI=1S/C20H27N3O4S/c1-13-8-7-9-14(2)18(13)22-16(24)12-15-19(26)23-20(28-15)21-11-6-4-5-10-17(25)27-3/h7-9,15H,4-6,10-12H2,1-3H3,(H,22,24)(H,21,23,26)/t15-/m0/s1. The number of aliphatic imine (C=N–C) groups is 1. The van der Waals surface area contributed by atoms with Gasteiger partial charge in [0.1, 0.15) is 5.25 Å². The highest BCUT2D eigenvalue weighted by atomic mass is 32.2. The summed E-state index contributed by atoms with van der Waals surface area (Å²) < 4.78 is 4.59. The van der Waals surface area contributed by atoms with Gasteiger partial charge in [0.15, 0.2) is 5.17 Å². The Kier molecular flexibility index (Phi) is 8.50. The highest BCUT2D eigenvalue weighted by Gasteiger charge is 2.32. The largest absolute Gasteiger partial charge is 0.469 e. The quantitative estimate of drug-likeness (QED) is 0.486. The predicted octanol–water partition coefficient (Wildman–Crippen LogP) is 2.95. The van der Waals surface area contributed by atoms with Gasteiger partial charge in [-0.25, -0.2) is 0 Å². The average molecular weight is 406 g/mol. The normalized spacial score (nSPS) is 17.5. The van der Waals surface area contributed by atoms with Gasteiger partial charge in [0.25, 0.3) is 0 Å². The summed E-state index contributed by atoms with van der Waals surface area (Å²) in [4.78, 5) is 39.9. The van der Waals surface area contributed by atoms with Crippen molar-refractivity contribution in [3.8, 4) is 0 Å². The van der Waals surface area contributed by atoms with E-state index in [1.165, 1.54) is 18.9 Å². The van der Waals surface area contributed by atoms with Gasteiger partial charge in [-0.2, -0.15) is 0 Å². The molecule has 0 aromatic heterocycles. The van der Waals surface area contributed by atoms with Crippen LogP contribution in [0.5, 0.6) is 0 Å². The highest BCUT2D eigenvalue weighted by Crippen LogP contribution is 2.24. The Morgan fingerprint density at radius 2 is 1.93 bits per heavy atom. The van der Waals surface area contributed by atoms with Crippen molar-refractivity contribution in [1.82, 2.24) is 5.32 Å². The summed E-state index contributed by atoms with van der Waals surface area (Å²) in [7, 11) is 1.38. The number of carbonyl (C=O) groups is 3. The fourth-order valence-electron chi connectivity index (χ4n) is 2.83. The van der Waals surface area contributed by atoms with Crippen molar-refractivity contribution < 1.29 is 19.1 Å². The Hall–Kier alpha value is -2.35. The minimum atomic E-state index is -0.470. The van der Waals surface area contributed by atoms with E-state index in [-0.39, 0.29) is 24.2 Å². The van der Waals surface area contributed by atoms with Crippen molar-refractivity contribution in [2.24, 2.45) is 4.99 Å². The number of anilines is 1. The van der Waals surface area contributed by atoms with Crippen molar-refractivity contribution in [1.29, 1.82) is 0 Å². The zero-order chi connectivity index (χ0) is 20.5. The van der Waals surface area contributed by atoms with Crippen molar-refractivity contribution in [3.63, 3.8) is 0 Å². The summed E-state index contributed by atoms with van der Waals surface area (Å²) in [6, 6.07) is 5.82. The van der Waals surface area contributed by atoms with Crippen LogP contribution >= 0.6 is 11.8 Å². The zero-order valence-corrected chi connectivity index (χ0v) is 17.4. The number of para-hydroxylation sites is 1. The number of rotatable bonds is 9. The number of hydrogen-bond acceptors (Lipinski definition) is 6.